The van der Waals surface area contributed by atoms with Crippen molar-refractivity contribution in [1.82, 2.24) is 5.32 Å². The molecule has 1 saturated carbocycles. The molecule has 38 heavy (non-hydrogen) atoms. The van der Waals surface area contributed by atoms with Crippen molar-refractivity contribution in [2.45, 2.75) is 116 Å². The van der Waals surface area contributed by atoms with Crippen LogP contribution in [-0.2, 0) is 24.0 Å². The molecule has 1 unspecified atom stereocenters. The maximum absolute atomic E-state index is 12.3. The molecule has 0 aromatic carbocycles. The second-order valence-corrected chi connectivity index (χ2v) is 10.1. The molecule has 0 aromatic heterocycles. The lowest BCUT2D eigenvalue weighted by Gasteiger charge is -2.22. The van der Waals surface area contributed by atoms with E-state index in [4.69, 9.17) is 4.74 Å². The molecular weight excluding hydrogens is 496 g/mol. The van der Waals surface area contributed by atoms with Crippen LogP contribution in [0.15, 0.2) is 12.2 Å². The lowest BCUT2D eigenvalue weighted by Crippen LogP contribution is -2.39. The standard InChI is InChI=1S/C27H46N2O9/c1-3-4-5-6-9-12-21(30)15-16-23-22(24(31)19-25(23)32)13-10-7-8-11-14-26(33)28-20(2)27(34)37-17-18-38-29(35)36/h7,10,20,22-25,31-32H,3-6,8-9,11-19H2,1-2H3,(H,28,33)/t20?,22-,23-,24+,25-/m1/s1. The molecule has 0 heterocycles. The monoisotopic (exact) mass is 542 g/mol. The first-order valence-electron chi connectivity index (χ1n) is 13.9. The SMILES string of the molecule is CCCCCCCC(=O)CC[C@@H]1[C@@H](CC=CCCCC(=O)NC(C)C(=O)OCCO[N+](=O)[O-])[C@@H](O)C[C@H]1O. The van der Waals surface area contributed by atoms with Crippen molar-refractivity contribution in [2.24, 2.45) is 11.8 Å². The first kappa shape index (κ1) is 33.5. The minimum Gasteiger partial charge on any atom is -0.462 e. The number of amides is 1. The molecule has 0 saturated heterocycles. The van der Waals surface area contributed by atoms with Gasteiger partial charge in [-0.15, -0.1) is 10.1 Å². The molecule has 11 nitrogen and oxygen atoms in total. The number of Topliss-reactive ketones (excluding diaryl/α,β-unsaturated/α-hetero) is 1. The van der Waals surface area contributed by atoms with E-state index in [1.165, 1.54) is 19.8 Å². The average Bonchev–Trinajstić information content (AvgIpc) is 3.13. The summed E-state index contributed by atoms with van der Waals surface area (Å²) >= 11 is 0. The van der Waals surface area contributed by atoms with Crippen molar-refractivity contribution in [2.75, 3.05) is 13.2 Å². The summed E-state index contributed by atoms with van der Waals surface area (Å²) in [5.41, 5.74) is 0. The van der Waals surface area contributed by atoms with E-state index in [0.717, 1.165) is 19.3 Å². The number of esters is 1. The molecule has 1 rings (SSSR count). The van der Waals surface area contributed by atoms with Crippen LogP contribution in [0, 0.1) is 22.0 Å². The molecule has 0 radical (unpaired) electrons. The van der Waals surface area contributed by atoms with Gasteiger partial charge < -0.3 is 25.1 Å². The Morgan fingerprint density at radius 2 is 1.71 bits per heavy atom. The number of nitrogens with zero attached hydrogens (tertiary/aromatic N) is 1. The minimum absolute atomic E-state index is 0.0930. The summed E-state index contributed by atoms with van der Waals surface area (Å²) < 4.78 is 4.80. The van der Waals surface area contributed by atoms with Crippen LogP contribution in [0.5, 0.6) is 0 Å². The molecule has 5 atom stereocenters. The van der Waals surface area contributed by atoms with E-state index in [1.807, 2.05) is 12.2 Å². The summed E-state index contributed by atoms with van der Waals surface area (Å²) in [5.74, 6) is -0.977. The Kier molecular flexibility index (Phi) is 17.2. The van der Waals surface area contributed by atoms with E-state index in [1.54, 1.807) is 0 Å². The number of aliphatic hydroxyl groups is 2. The number of ether oxygens (including phenoxy) is 1. The summed E-state index contributed by atoms with van der Waals surface area (Å²) in [5, 5.41) is 32.4. The van der Waals surface area contributed by atoms with Crippen LogP contribution in [0.25, 0.3) is 0 Å². The van der Waals surface area contributed by atoms with E-state index < -0.39 is 29.3 Å². The Labute approximate surface area is 225 Å². The number of allylic oxidation sites excluding steroid dienone is 2. The first-order valence-corrected chi connectivity index (χ1v) is 13.9. The lowest BCUT2D eigenvalue weighted by atomic mass is 9.86. The fourth-order valence-electron chi connectivity index (χ4n) is 4.79. The third-order valence-corrected chi connectivity index (χ3v) is 6.94. The Balaban J connectivity index is 2.27. The third-order valence-electron chi connectivity index (χ3n) is 6.94. The van der Waals surface area contributed by atoms with Gasteiger partial charge >= 0.3 is 5.97 Å². The molecule has 0 aliphatic heterocycles. The number of hydrogen-bond donors (Lipinski definition) is 3. The second kappa shape index (κ2) is 19.5. The van der Waals surface area contributed by atoms with Gasteiger partial charge in [-0.1, -0.05) is 44.8 Å². The van der Waals surface area contributed by atoms with Gasteiger partial charge in [-0.05, 0) is 57.3 Å². The molecular formula is C27H46N2O9. The number of hydrogen-bond acceptors (Lipinski definition) is 9. The summed E-state index contributed by atoms with van der Waals surface area (Å²) in [4.78, 5) is 50.2. The van der Waals surface area contributed by atoms with Gasteiger partial charge in [-0.25, -0.2) is 4.79 Å². The van der Waals surface area contributed by atoms with Crippen LogP contribution in [-0.4, -0.2) is 64.4 Å². The van der Waals surface area contributed by atoms with Crippen LogP contribution in [0.2, 0.25) is 0 Å². The molecule has 0 aromatic rings. The number of ketones is 1. The average molecular weight is 543 g/mol. The topological polar surface area (TPSA) is 165 Å². The maximum Gasteiger partial charge on any atom is 0.328 e. The van der Waals surface area contributed by atoms with E-state index in [9.17, 15) is 34.7 Å². The quantitative estimate of drug-likeness (QED) is 0.0647. The highest BCUT2D eigenvalue weighted by atomic mass is 17.0. The van der Waals surface area contributed by atoms with Crippen molar-refractivity contribution in [3.63, 3.8) is 0 Å². The number of unbranched alkanes of at least 4 members (excludes halogenated alkanes) is 5. The Hall–Kier alpha value is -2.53. The van der Waals surface area contributed by atoms with Crippen molar-refractivity contribution in [3.05, 3.63) is 22.3 Å². The van der Waals surface area contributed by atoms with Gasteiger partial charge in [0.2, 0.25) is 5.91 Å². The predicted octanol–water partition coefficient (Wildman–Crippen LogP) is 3.43. The van der Waals surface area contributed by atoms with Crippen LogP contribution < -0.4 is 5.32 Å². The van der Waals surface area contributed by atoms with Crippen LogP contribution in [0.1, 0.15) is 97.3 Å². The lowest BCUT2D eigenvalue weighted by molar-refractivity contribution is -0.757. The number of carbonyl (C=O) groups is 3. The number of carbonyl (C=O) groups excluding carboxylic acids is 3. The van der Waals surface area contributed by atoms with Gasteiger partial charge in [0.1, 0.15) is 25.0 Å². The van der Waals surface area contributed by atoms with Crippen LogP contribution in [0.3, 0.4) is 0 Å². The zero-order valence-corrected chi connectivity index (χ0v) is 22.8. The van der Waals surface area contributed by atoms with Crippen molar-refractivity contribution >= 4 is 17.7 Å². The number of rotatable bonds is 21. The highest BCUT2D eigenvalue weighted by molar-refractivity contribution is 5.84. The fraction of sp³-hybridized carbons (Fsp3) is 0.815. The van der Waals surface area contributed by atoms with Gasteiger partial charge in [0.05, 0.1) is 12.2 Å². The predicted molar refractivity (Wildman–Crippen MR) is 140 cm³/mol. The third kappa shape index (κ3) is 14.4. The second-order valence-electron chi connectivity index (χ2n) is 10.1. The summed E-state index contributed by atoms with van der Waals surface area (Å²) in [6.07, 6.45) is 12.2. The molecule has 218 valence electrons. The molecule has 0 spiro atoms. The Morgan fingerprint density at radius 3 is 2.42 bits per heavy atom. The smallest absolute Gasteiger partial charge is 0.328 e. The van der Waals surface area contributed by atoms with Crippen LogP contribution in [0.4, 0.5) is 0 Å². The molecule has 1 fully saturated rings. The molecule has 1 aliphatic rings. The highest BCUT2D eigenvalue weighted by Crippen LogP contribution is 2.38. The van der Waals surface area contributed by atoms with E-state index >= 15 is 0 Å². The maximum atomic E-state index is 12.3. The Bertz CT molecular complexity index is 759. The van der Waals surface area contributed by atoms with E-state index in [-0.39, 0.29) is 43.2 Å². The van der Waals surface area contributed by atoms with Crippen molar-refractivity contribution in [3.8, 4) is 0 Å². The van der Waals surface area contributed by atoms with Gasteiger partial charge in [0.15, 0.2) is 0 Å². The summed E-state index contributed by atoms with van der Waals surface area (Å²) in [7, 11) is 0. The molecule has 1 aliphatic carbocycles. The van der Waals surface area contributed by atoms with E-state index in [2.05, 4.69) is 17.1 Å². The zero-order chi connectivity index (χ0) is 28.3. The van der Waals surface area contributed by atoms with Crippen molar-refractivity contribution in [1.29, 1.82) is 0 Å². The zero-order valence-electron chi connectivity index (χ0n) is 22.8. The van der Waals surface area contributed by atoms with Gasteiger partial charge in [0.25, 0.3) is 5.09 Å². The van der Waals surface area contributed by atoms with Crippen molar-refractivity contribution < 1.29 is 39.3 Å². The fourth-order valence-corrected chi connectivity index (χ4v) is 4.79. The van der Waals surface area contributed by atoms with Crippen LogP contribution >= 0.6 is 0 Å². The molecule has 1 amide bonds. The molecule has 11 heteroatoms. The molecule has 0 bridgehead atoms. The largest absolute Gasteiger partial charge is 0.462 e. The highest BCUT2D eigenvalue weighted by Gasteiger charge is 2.40. The van der Waals surface area contributed by atoms with Gasteiger partial charge in [-0.2, -0.15) is 0 Å². The summed E-state index contributed by atoms with van der Waals surface area (Å²) in [6.45, 7) is 2.97. The number of aliphatic hydroxyl groups excluding tert-OH is 2. The normalized spacial score (nSPS) is 21.8. The first-order chi connectivity index (χ1) is 18.1. The summed E-state index contributed by atoms with van der Waals surface area (Å²) in [6, 6.07) is -0.881. The number of nitrogens with one attached hydrogen (secondary N) is 1. The van der Waals surface area contributed by atoms with Gasteiger partial charge in [0, 0.05) is 19.3 Å². The van der Waals surface area contributed by atoms with E-state index in [0.29, 0.717) is 44.9 Å². The minimum atomic E-state index is -0.981. The molecule has 3 N–H and O–H groups in total. The van der Waals surface area contributed by atoms with Gasteiger partial charge in [-0.3, -0.25) is 9.59 Å². The Morgan fingerprint density at radius 1 is 1.00 bits per heavy atom.